The maximum Gasteiger partial charge on any atom is 0.573 e. The highest BCUT2D eigenvalue weighted by Crippen LogP contribution is 2.25. The standard InChI is InChI=1S/C31H27F3N6O2S/c1-19-6-5-7-20(2)27(19)40-22(4)17-43-30(40)37-29(41)35-16-21(3)23-8-10-24(11-9-23)28-36-18-39(38-28)25-12-14-26(15-13-25)42-31(32,33)34/h5-18H,1-4H3,(H,35,41)/b21-16+,37-30-. The van der Waals surface area contributed by atoms with E-state index < -0.39 is 12.4 Å². The van der Waals surface area contributed by atoms with E-state index in [9.17, 15) is 18.0 Å². The van der Waals surface area contributed by atoms with E-state index in [-0.39, 0.29) is 5.75 Å². The number of ether oxygens (including phenoxy) is 1. The normalized spacial score (nSPS) is 12.4. The summed E-state index contributed by atoms with van der Waals surface area (Å²) in [4.78, 5) is 22.0. The molecular weight excluding hydrogens is 577 g/mol. The quantitative estimate of drug-likeness (QED) is 0.221. The maximum atomic E-state index is 12.7. The summed E-state index contributed by atoms with van der Waals surface area (Å²) < 4.78 is 44.6. The van der Waals surface area contributed by atoms with Crippen LogP contribution in [0.3, 0.4) is 0 Å². The number of hydrogen-bond acceptors (Lipinski definition) is 5. The van der Waals surface area contributed by atoms with Gasteiger partial charge >= 0.3 is 12.4 Å². The van der Waals surface area contributed by atoms with Gasteiger partial charge in [0, 0.05) is 22.8 Å². The van der Waals surface area contributed by atoms with Crippen LogP contribution in [-0.4, -0.2) is 31.7 Å². The van der Waals surface area contributed by atoms with Crippen LogP contribution in [0.2, 0.25) is 0 Å². The number of allylic oxidation sites excluding steroid dienone is 1. The Labute approximate surface area is 249 Å². The van der Waals surface area contributed by atoms with Crippen LogP contribution in [0.5, 0.6) is 5.75 Å². The van der Waals surface area contributed by atoms with Crippen molar-refractivity contribution in [2.24, 2.45) is 4.99 Å². The van der Waals surface area contributed by atoms with Crippen molar-refractivity contribution < 1.29 is 22.7 Å². The van der Waals surface area contributed by atoms with Gasteiger partial charge in [-0.1, -0.05) is 42.5 Å². The molecule has 12 heteroatoms. The first-order valence-electron chi connectivity index (χ1n) is 13.1. The Kier molecular flexibility index (Phi) is 8.31. The fourth-order valence-corrected chi connectivity index (χ4v) is 5.33. The third kappa shape index (κ3) is 6.92. The van der Waals surface area contributed by atoms with E-state index in [1.54, 1.807) is 6.20 Å². The number of aromatic nitrogens is 4. The second kappa shape index (κ2) is 12.1. The summed E-state index contributed by atoms with van der Waals surface area (Å²) in [5.74, 6) is 0.127. The summed E-state index contributed by atoms with van der Waals surface area (Å²) in [5, 5.41) is 9.16. The third-order valence-corrected chi connectivity index (χ3v) is 7.52. The van der Waals surface area contributed by atoms with E-state index in [0.29, 0.717) is 16.3 Å². The Balaban J connectivity index is 1.27. The molecule has 0 aliphatic carbocycles. The molecule has 2 heterocycles. The molecule has 0 radical (unpaired) electrons. The van der Waals surface area contributed by atoms with Gasteiger partial charge in [0.2, 0.25) is 0 Å². The van der Waals surface area contributed by atoms with Crippen LogP contribution >= 0.6 is 11.3 Å². The van der Waals surface area contributed by atoms with E-state index >= 15 is 0 Å². The number of rotatable bonds is 6. The Morgan fingerprint density at radius 1 is 1.00 bits per heavy atom. The molecule has 0 aliphatic heterocycles. The molecule has 2 amide bonds. The van der Waals surface area contributed by atoms with Crippen molar-refractivity contribution in [2.45, 2.75) is 34.1 Å². The van der Waals surface area contributed by atoms with Crippen LogP contribution < -0.4 is 14.9 Å². The van der Waals surface area contributed by atoms with Crippen molar-refractivity contribution in [1.29, 1.82) is 0 Å². The van der Waals surface area contributed by atoms with Gasteiger partial charge in [-0.25, -0.2) is 14.5 Å². The van der Waals surface area contributed by atoms with Crippen molar-refractivity contribution in [2.75, 3.05) is 0 Å². The molecule has 0 saturated carbocycles. The molecular formula is C31H27F3N6O2S. The highest BCUT2D eigenvalue weighted by Gasteiger charge is 2.31. The predicted octanol–water partition coefficient (Wildman–Crippen LogP) is 7.28. The van der Waals surface area contributed by atoms with Gasteiger partial charge < -0.3 is 10.1 Å². The van der Waals surface area contributed by atoms with E-state index in [0.717, 1.165) is 39.2 Å². The first-order valence-corrected chi connectivity index (χ1v) is 14.0. The lowest BCUT2D eigenvalue weighted by Gasteiger charge is -2.12. The minimum atomic E-state index is -4.75. The number of nitrogens with one attached hydrogen (secondary N) is 1. The monoisotopic (exact) mass is 604 g/mol. The Hall–Kier alpha value is -4.97. The first-order chi connectivity index (χ1) is 20.5. The smallest absolute Gasteiger partial charge is 0.406 e. The van der Waals surface area contributed by atoms with Gasteiger partial charge in [-0.05, 0) is 74.2 Å². The molecule has 2 aromatic heterocycles. The van der Waals surface area contributed by atoms with Gasteiger partial charge in [0.05, 0.1) is 11.4 Å². The Morgan fingerprint density at radius 2 is 1.67 bits per heavy atom. The first kappa shape index (κ1) is 29.5. The van der Waals surface area contributed by atoms with E-state index in [1.165, 1.54) is 46.6 Å². The number of hydrogen-bond donors (Lipinski definition) is 1. The van der Waals surface area contributed by atoms with Gasteiger partial charge in [0.1, 0.15) is 12.1 Å². The highest BCUT2D eigenvalue weighted by molar-refractivity contribution is 7.07. The molecule has 0 unspecified atom stereocenters. The third-order valence-electron chi connectivity index (χ3n) is 6.58. The number of para-hydroxylation sites is 1. The van der Waals surface area contributed by atoms with Gasteiger partial charge in [-0.3, -0.25) is 4.57 Å². The molecule has 43 heavy (non-hydrogen) atoms. The van der Waals surface area contributed by atoms with Gasteiger partial charge in [0.15, 0.2) is 10.6 Å². The molecule has 3 aromatic carbocycles. The average molecular weight is 605 g/mol. The van der Waals surface area contributed by atoms with Crippen LogP contribution in [0, 0.1) is 20.8 Å². The topological polar surface area (TPSA) is 86.3 Å². The lowest BCUT2D eigenvalue weighted by atomic mass is 10.1. The zero-order chi connectivity index (χ0) is 30.7. The van der Waals surface area contributed by atoms with Crippen molar-refractivity contribution >= 4 is 22.9 Å². The molecule has 0 fully saturated rings. The fraction of sp³-hybridized carbons (Fsp3) is 0.161. The molecule has 0 saturated heterocycles. The summed E-state index contributed by atoms with van der Waals surface area (Å²) in [5.41, 5.74) is 7.18. The molecule has 5 aromatic rings. The number of benzene rings is 3. The molecule has 0 atom stereocenters. The molecule has 8 nitrogen and oxygen atoms in total. The second-order valence-corrected chi connectivity index (χ2v) is 10.6. The van der Waals surface area contributed by atoms with Crippen LogP contribution in [-0.2, 0) is 0 Å². The number of urea groups is 1. The number of aryl methyl sites for hydroxylation is 3. The number of nitrogens with zero attached hydrogens (tertiary/aromatic N) is 5. The fourth-order valence-electron chi connectivity index (χ4n) is 4.48. The largest absolute Gasteiger partial charge is 0.573 e. The summed E-state index contributed by atoms with van der Waals surface area (Å²) in [7, 11) is 0. The van der Waals surface area contributed by atoms with Gasteiger partial charge in [0.25, 0.3) is 0 Å². The van der Waals surface area contributed by atoms with Crippen molar-refractivity contribution in [3.05, 3.63) is 112 Å². The number of carbonyl (C=O) groups is 1. The summed E-state index contributed by atoms with van der Waals surface area (Å²) in [6, 6.07) is 18.4. The zero-order valence-corrected chi connectivity index (χ0v) is 24.5. The molecule has 5 rings (SSSR count). The number of alkyl halides is 3. The minimum Gasteiger partial charge on any atom is -0.406 e. The van der Waals surface area contributed by atoms with Crippen LogP contribution in [0.25, 0.3) is 28.3 Å². The summed E-state index contributed by atoms with van der Waals surface area (Å²) >= 11 is 1.40. The van der Waals surface area contributed by atoms with Crippen LogP contribution in [0.4, 0.5) is 18.0 Å². The predicted molar refractivity (Wildman–Crippen MR) is 159 cm³/mol. The van der Waals surface area contributed by atoms with Crippen LogP contribution in [0.15, 0.2) is 89.6 Å². The summed E-state index contributed by atoms with van der Waals surface area (Å²) in [6.45, 7) is 7.93. The minimum absolute atomic E-state index is 0.317. The number of carbonyl (C=O) groups excluding carboxylic acids is 1. The molecule has 1 N–H and O–H groups in total. The zero-order valence-electron chi connectivity index (χ0n) is 23.7. The Morgan fingerprint density at radius 3 is 2.33 bits per heavy atom. The number of halogens is 3. The highest BCUT2D eigenvalue weighted by atomic mass is 32.1. The van der Waals surface area contributed by atoms with Crippen molar-refractivity contribution in [1.82, 2.24) is 24.6 Å². The second-order valence-electron chi connectivity index (χ2n) is 9.76. The average Bonchev–Trinajstić information content (AvgIpc) is 3.59. The number of amides is 2. The lowest BCUT2D eigenvalue weighted by Crippen LogP contribution is -2.22. The van der Waals surface area contributed by atoms with Crippen molar-refractivity contribution in [3.63, 3.8) is 0 Å². The SMILES string of the molecule is C/C(=C\NC(=O)/N=c1\scc(C)n1-c1c(C)cccc1C)c1ccc(-c2ncn(-c3ccc(OC(F)(F)F)cc3)n2)cc1. The van der Waals surface area contributed by atoms with Crippen molar-refractivity contribution in [3.8, 4) is 28.5 Å². The molecule has 0 spiro atoms. The number of thiazole rings is 1. The molecule has 0 aliphatic rings. The Bertz CT molecular complexity index is 1850. The van der Waals surface area contributed by atoms with Gasteiger partial charge in [-0.15, -0.1) is 29.6 Å². The molecule has 0 bridgehead atoms. The van der Waals surface area contributed by atoms with E-state index in [2.05, 4.69) is 25.1 Å². The maximum absolute atomic E-state index is 12.7. The summed E-state index contributed by atoms with van der Waals surface area (Å²) in [6.07, 6.45) is -1.66. The van der Waals surface area contributed by atoms with E-state index in [1.807, 2.05) is 80.1 Å². The molecule has 220 valence electrons. The lowest BCUT2D eigenvalue weighted by molar-refractivity contribution is -0.274. The van der Waals surface area contributed by atoms with Crippen LogP contribution in [0.1, 0.15) is 29.3 Å². The van der Waals surface area contributed by atoms with Gasteiger partial charge in [-0.2, -0.15) is 4.99 Å². The van der Waals surface area contributed by atoms with E-state index in [4.69, 9.17) is 0 Å².